The van der Waals surface area contributed by atoms with Crippen molar-refractivity contribution < 1.29 is 5.11 Å². The first-order valence-electron chi connectivity index (χ1n) is 4.91. The minimum absolute atomic E-state index is 0.505. The first-order chi connectivity index (χ1) is 7.68. The van der Waals surface area contributed by atoms with Crippen molar-refractivity contribution in [2.45, 2.75) is 19.1 Å². The summed E-state index contributed by atoms with van der Waals surface area (Å²) >= 11 is 2.90. The Bertz CT molecular complexity index is 411. The summed E-state index contributed by atoms with van der Waals surface area (Å²) in [4.78, 5) is 0.969. The number of nitrogens with one attached hydrogen (secondary N) is 1. The lowest BCUT2D eigenvalue weighted by Crippen LogP contribution is -2.34. The Morgan fingerprint density at radius 1 is 1.56 bits per heavy atom. The molecule has 0 saturated carbocycles. The minimum Gasteiger partial charge on any atom is -0.383 e. The summed E-state index contributed by atoms with van der Waals surface area (Å²) in [5.74, 6) is 0. The molecule has 0 aromatic carbocycles. The van der Waals surface area contributed by atoms with Gasteiger partial charge in [0.15, 0.2) is 0 Å². The maximum Gasteiger partial charge on any atom is 0.108 e. The molecule has 0 radical (unpaired) electrons. The van der Waals surface area contributed by atoms with Gasteiger partial charge in [-0.05, 0) is 29.9 Å². The number of hydrogen-bond acceptors (Lipinski definition) is 6. The van der Waals surface area contributed by atoms with E-state index in [9.17, 15) is 5.11 Å². The summed E-state index contributed by atoms with van der Waals surface area (Å²) in [6, 6.07) is 3.88. The van der Waals surface area contributed by atoms with Crippen LogP contribution in [0.4, 0.5) is 0 Å². The molecule has 0 bridgehead atoms. The molecule has 2 aromatic rings. The Kier molecular flexibility index (Phi) is 3.65. The van der Waals surface area contributed by atoms with Crippen molar-refractivity contribution in [2.24, 2.45) is 0 Å². The highest BCUT2D eigenvalue weighted by atomic mass is 32.1. The van der Waals surface area contributed by atoms with Gasteiger partial charge in [0, 0.05) is 23.3 Å². The van der Waals surface area contributed by atoms with Crippen LogP contribution in [0.25, 0.3) is 0 Å². The highest BCUT2D eigenvalue weighted by molar-refractivity contribution is 7.10. The van der Waals surface area contributed by atoms with Crippen LogP contribution in [-0.2, 0) is 12.1 Å². The minimum atomic E-state index is -0.822. The molecule has 1 atom stereocenters. The first-order valence-corrected chi connectivity index (χ1v) is 6.63. The van der Waals surface area contributed by atoms with Crippen LogP contribution >= 0.6 is 22.9 Å². The fraction of sp³-hybridized carbons (Fsp3) is 0.400. The smallest absolute Gasteiger partial charge is 0.108 e. The van der Waals surface area contributed by atoms with E-state index in [1.165, 1.54) is 11.5 Å². The van der Waals surface area contributed by atoms with E-state index in [1.807, 2.05) is 29.8 Å². The van der Waals surface area contributed by atoms with Gasteiger partial charge in [0.05, 0.1) is 5.69 Å². The molecule has 2 heterocycles. The van der Waals surface area contributed by atoms with Gasteiger partial charge in [-0.2, -0.15) is 0 Å². The largest absolute Gasteiger partial charge is 0.383 e. The van der Waals surface area contributed by atoms with E-state index in [4.69, 9.17) is 0 Å². The van der Waals surface area contributed by atoms with Crippen LogP contribution in [-0.4, -0.2) is 21.2 Å². The third kappa shape index (κ3) is 2.85. The Morgan fingerprint density at radius 2 is 2.44 bits per heavy atom. The molecule has 86 valence electrons. The normalized spacial score (nSPS) is 14.9. The zero-order valence-electron chi connectivity index (χ0n) is 8.88. The van der Waals surface area contributed by atoms with Crippen LogP contribution in [0.5, 0.6) is 0 Å². The zero-order chi connectivity index (χ0) is 11.4. The van der Waals surface area contributed by atoms with Crippen LogP contribution in [0.3, 0.4) is 0 Å². The average Bonchev–Trinajstić information content (AvgIpc) is 2.90. The molecule has 0 amide bonds. The molecular formula is C10H13N3OS2. The summed E-state index contributed by atoms with van der Waals surface area (Å²) in [5, 5.41) is 21.2. The van der Waals surface area contributed by atoms with Crippen molar-refractivity contribution in [3.05, 3.63) is 33.5 Å². The zero-order valence-corrected chi connectivity index (χ0v) is 10.5. The van der Waals surface area contributed by atoms with Gasteiger partial charge in [-0.3, -0.25) is 0 Å². The third-order valence-electron chi connectivity index (χ3n) is 2.23. The second kappa shape index (κ2) is 5.01. The molecule has 0 aliphatic heterocycles. The van der Waals surface area contributed by atoms with Crippen molar-refractivity contribution >= 4 is 22.9 Å². The molecule has 2 rings (SSSR count). The van der Waals surface area contributed by atoms with E-state index < -0.39 is 5.60 Å². The molecule has 0 fully saturated rings. The second-order valence-corrected chi connectivity index (χ2v) is 5.31. The lowest BCUT2D eigenvalue weighted by molar-refractivity contribution is 0.0603. The number of aliphatic hydroxyl groups is 1. The molecule has 0 saturated heterocycles. The number of nitrogens with zero attached hydrogens (tertiary/aromatic N) is 2. The maximum absolute atomic E-state index is 10.2. The molecule has 0 aliphatic rings. The standard InChI is InChI=1S/C10H13N3OS2/c1-10(14,9-3-2-4-15-9)7-11-5-8-6-16-13-12-8/h2-4,6,11,14H,5,7H2,1H3. The van der Waals surface area contributed by atoms with E-state index in [-0.39, 0.29) is 0 Å². The van der Waals surface area contributed by atoms with E-state index in [0.717, 1.165) is 10.6 Å². The number of hydrogen-bond donors (Lipinski definition) is 2. The fourth-order valence-corrected chi connectivity index (χ4v) is 2.61. The van der Waals surface area contributed by atoms with Gasteiger partial charge >= 0.3 is 0 Å². The van der Waals surface area contributed by atoms with Gasteiger partial charge < -0.3 is 10.4 Å². The Morgan fingerprint density at radius 3 is 3.06 bits per heavy atom. The lowest BCUT2D eigenvalue weighted by Gasteiger charge is -2.22. The highest BCUT2D eigenvalue weighted by Crippen LogP contribution is 2.24. The van der Waals surface area contributed by atoms with Gasteiger partial charge in [-0.1, -0.05) is 10.6 Å². The van der Waals surface area contributed by atoms with Gasteiger partial charge in [0.1, 0.15) is 5.60 Å². The van der Waals surface area contributed by atoms with E-state index in [0.29, 0.717) is 13.1 Å². The summed E-state index contributed by atoms with van der Waals surface area (Å²) in [6.07, 6.45) is 0. The predicted octanol–water partition coefficient (Wildman–Crippen LogP) is 1.60. The van der Waals surface area contributed by atoms with Gasteiger partial charge in [0.25, 0.3) is 0 Å². The molecule has 16 heavy (non-hydrogen) atoms. The van der Waals surface area contributed by atoms with Crippen molar-refractivity contribution in [1.82, 2.24) is 14.9 Å². The SMILES string of the molecule is CC(O)(CNCc1csnn1)c1cccs1. The summed E-state index contributed by atoms with van der Waals surface area (Å²) in [5.41, 5.74) is 0.0874. The topological polar surface area (TPSA) is 58.0 Å². The van der Waals surface area contributed by atoms with Crippen molar-refractivity contribution in [1.29, 1.82) is 0 Å². The molecule has 6 heteroatoms. The summed E-state index contributed by atoms with van der Waals surface area (Å²) in [7, 11) is 0. The average molecular weight is 255 g/mol. The van der Waals surface area contributed by atoms with Crippen LogP contribution < -0.4 is 5.32 Å². The van der Waals surface area contributed by atoms with Crippen molar-refractivity contribution in [3.63, 3.8) is 0 Å². The highest BCUT2D eigenvalue weighted by Gasteiger charge is 2.23. The van der Waals surface area contributed by atoms with Gasteiger partial charge in [0.2, 0.25) is 0 Å². The van der Waals surface area contributed by atoms with E-state index in [1.54, 1.807) is 11.3 Å². The molecule has 1 unspecified atom stereocenters. The molecule has 2 N–H and O–H groups in total. The Hall–Kier alpha value is -0.820. The van der Waals surface area contributed by atoms with Crippen LogP contribution in [0.2, 0.25) is 0 Å². The van der Waals surface area contributed by atoms with E-state index >= 15 is 0 Å². The number of thiophene rings is 1. The number of rotatable bonds is 5. The summed E-state index contributed by atoms with van der Waals surface area (Å²) in [6.45, 7) is 2.95. The first kappa shape index (κ1) is 11.7. The maximum atomic E-state index is 10.2. The molecule has 0 spiro atoms. The number of aromatic nitrogens is 2. The van der Waals surface area contributed by atoms with Crippen molar-refractivity contribution in [2.75, 3.05) is 6.54 Å². The van der Waals surface area contributed by atoms with Crippen LogP contribution in [0, 0.1) is 0 Å². The summed E-state index contributed by atoms with van der Waals surface area (Å²) < 4.78 is 3.78. The van der Waals surface area contributed by atoms with Crippen molar-refractivity contribution in [3.8, 4) is 0 Å². The molecule has 0 aliphatic carbocycles. The Labute approximate surface area is 102 Å². The fourth-order valence-electron chi connectivity index (χ4n) is 1.37. The Balaban J connectivity index is 1.85. The van der Waals surface area contributed by atoms with E-state index in [2.05, 4.69) is 14.9 Å². The van der Waals surface area contributed by atoms with Crippen LogP contribution in [0.15, 0.2) is 22.9 Å². The monoisotopic (exact) mass is 255 g/mol. The molecular weight excluding hydrogens is 242 g/mol. The lowest BCUT2D eigenvalue weighted by atomic mass is 10.1. The van der Waals surface area contributed by atoms with Crippen LogP contribution in [0.1, 0.15) is 17.5 Å². The predicted molar refractivity (Wildman–Crippen MR) is 65.5 cm³/mol. The third-order valence-corrected chi connectivity index (χ3v) is 3.91. The second-order valence-electron chi connectivity index (χ2n) is 3.75. The quantitative estimate of drug-likeness (QED) is 0.852. The van der Waals surface area contributed by atoms with Gasteiger partial charge in [-0.25, -0.2) is 0 Å². The van der Waals surface area contributed by atoms with Gasteiger partial charge in [-0.15, -0.1) is 16.4 Å². The molecule has 4 nitrogen and oxygen atoms in total. The molecule has 2 aromatic heterocycles.